The maximum atomic E-state index is 12.6. The Hall–Kier alpha value is -2.28. The second-order valence-corrected chi connectivity index (χ2v) is 8.03. The fraction of sp³-hybridized carbons (Fsp3) is 0.333. The minimum atomic E-state index is -0.105. The van der Waals surface area contributed by atoms with Gasteiger partial charge >= 0.3 is 0 Å². The second-order valence-electron chi connectivity index (χ2n) is 7.21. The molecule has 8 heteroatoms. The van der Waals surface area contributed by atoms with Gasteiger partial charge in [-0.2, -0.15) is 0 Å². The molecule has 1 atom stereocenters. The number of ether oxygens (including phenoxy) is 1. The van der Waals surface area contributed by atoms with E-state index in [0.29, 0.717) is 51.8 Å². The number of aryl methyl sites for hydroxylation is 1. The number of benzene rings is 2. The van der Waals surface area contributed by atoms with Gasteiger partial charge in [-0.1, -0.05) is 29.3 Å². The lowest BCUT2D eigenvalue weighted by Gasteiger charge is -2.22. The summed E-state index contributed by atoms with van der Waals surface area (Å²) in [5.74, 6) is 0.862. The van der Waals surface area contributed by atoms with Crippen molar-refractivity contribution in [2.75, 3.05) is 25.1 Å². The van der Waals surface area contributed by atoms with Crippen molar-refractivity contribution in [3.63, 3.8) is 0 Å². The summed E-state index contributed by atoms with van der Waals surface area (Å²) in [6, 6.07) is 10.8. The van der Waals surface area contributed by atoms with Crippen LogP contribution in [0.2, 0.25) is 10.0 Å². The number of halogens is 2. The molecule has 1 saturated heterocycles. The third-order valence-electron chi connectivity index (χ3n) is 5.15. The molecule has 2 heterocycles. The molecular formula is C21H22Cl2N4O2. The Morgan fingerprint density at radius 2 is 2.07 bits per heavy atom. The van der Waals surface area contributed by atoms with Crippen LogP contribution in [0.5, 0.6) is 0 Å². The third-order valence-corrected chi connectivity index (χ3v) is 5.78. The van der Waals surface area contributed by atoms with Crippen LogP contribution in [0, 0.1) is 5.92 Å². The molecule has 0 saturated carbocycles. The molecule has 152 valence electrons. The Balaban J connectivity index is 1.53. The van der Waals surface area contributed by atoms with Gasteiger partial charge in [-0.15, -0.1) is 0 Å². The van der Waals surface area contributed by atoms with E-state index in [1.54, 1.807) is 24.3 Å². The third kappa shape index (κ3) is 4.34. The van der Waals surface area contributed by atoms with Gasteiger partial charge in [-0.05, 0) is 49.1 Å². The van der Waals surface area contributed by atoms with Crippen molar-refractivity contribution in [1.82, 2.24) is 14.9 Å². The van der Waals surface area contributed by atoms with Crippen LogP contribution in [0.15, 0.2) is 36.4 Å². The number of amides is 1. The van der Waals surface area contributed by atoms with E-state index >= 15 is 0 Å². The summed E-state index contributed by atoms with van der Waals surface area (Å²) in [6.45, 7) is 2.15. The van der Waals surface area contributed by atoms with Gasteiger partial charge < -0.3 is 19.9 Å². The number of anilines is 2. The van der Waals surface area contributed by atoms with Gasteiger partial charge in [0.05, 0.1) is 33.4 Å². The number of hydrogen-bond acceptors (Lipinski definition) is 4. The lowest BCUT2D eigenvalue weighted by molar-refractivity contribution is 0.0536. The summed E-state index contributed by atoms with van der Waals surface area (Å²) in [5.41, 5.74) is 2.79. The Labute approximate surface area is 179 Å². The van der Waals surface area contributed by atoms with E-state index in [1.807, 2.05) is 23.7 Å². The Bertz CT molecular complexity index is 1020. The predicted molar refractivity (Wildman–Crippen MR) is 116 cm³/mol. The van der Waals surface area contributed by atoms with Crippen LogP contribution < -0.4 is 10.6 Å². The van der Waals surface area contributed by atoms with Crippen LogP contribution in [0.25, 0.3) is 11.0 Å². The van der Waals surface area contributed by atoms with E-state index in [-0.39, 0.29) is 5.91 Å². The van der Waals surface area contributed by atoms with E-state index in [0.717, 1.165) is 25.0 Å². The first kappa shape index (κ1) is 20.0. The van der Waals surface area contributed by atoms with Gasteiger partial charge in [0.25, 0.3) is 5.91 Å². The van der Waals surface area contributed by atoms with E-state index in [9.17, 15) is 4.79 Å². The van der Waals surface area contributed by atoms with Gasteiger partial charge in [0, 0.05) is 25.8 Å². The number of nitrogens with one attached hydrogen (secondary N) is 2. The predicted octanol–water partition coefficient (Wildman–Crippen LogP) is 4.78. The zero-order valence-corrected chi connectivity index (χ0v) is 17.6. The van der Waals surface area contributed by atoms with E-state index in [1.165, 1.54) is 0 Å². The normalized spacial score (nSPS) is 16.7. The Kier molecular flexibility index (Phi) is 5.94. The molecule has 1 aliphatic rings. The number of carbonyl (C=O) groups excluding carboxylic acids is 1. The summed E-state index contributed by atoms with van der Waals surface area (Å²) in [4.78, 5) is 17.2. The molecule has 2 aromatic carbocycles. The minimum absolute atomic E-state index is 0.105. The molecule has 4 rings (SSSR count). The molecule has 1 aliphatic heterocycles. The molecule has 1 aromatic heterocycles. The van der Waals surface area contributed by atoms with E-state index in [2.05, 4.69) is 15.6 Å². The number of hydrogen-bond donors (Lipinski definition) is 2. The van der Waals surface area contributed by atoms with E-state index in [4.69, 9.17) is 27.9 Å². The van der Waals surface area contributed by atoms with Crippen LogP contribution in [-0.4, -0.2) is 35.2 Å². The first-order valence-electron chi connectivity index (χ1n) is 9.56. The van der Waals surface area contributed by atoms with E-state index < -0.39 is 0 Å². The lowest BCUT2D eigenvalue weighted by Crippen LogP contribution is -2.33. The highest BCUT2D eigenvalue weighted by molar-refractivity contribution is 6.39. The SMILES string of the molecule is Cn1c(Nc2c(Cl)cccc2Cl)nc2cc(C(=O)NCC3CCCOC3)ccc21. The highest BCUT2D eigenvalue weighted by Crippen LogP contribution is 2.33. The molecule has 3 aromatic rings. The summed E-state index contributed by atoms with van der Waals surface area (Å²) >= 11 is 12.5. The Morgan fingerprint density at radius 1 is 1.28 bits per heavy atom. The first-order chi connectivity index (χ1) is 14.0. The zero-order chi connectivity index (χ0) is 20.4. The number of nitrogens with zero attached hydrogens (tertiary/aromatic N) is 2. The molecule has 0 aliphatic carbocycles. The number of para-hydroxylation sites is 1. The quantitative estimate of drug-likeness (QED) is 0.608. The number of fused-ring (bicyclic) bond motifs is 1. The molecular weight excluding hydrogens is 411 g/mol. The lowest BCUT2D eigenvalue weighted by atomic mass is 10.0. The van der Waals surface area contributed by atoms with Crippen LogP contribution in [0.1, 0.15) is 23.2 Å². The monoisotopic (exact) mass is 432 g/mol. The number of aromatic nitrogens is 2. The topological polar surface area (TPSA) is 68.2 Å². The molecule has 29 heavy (non-hydrogen) atoms. The number of carbonyl (C=O) groups is 1. The van der Waals surface area contributed by atoms with Crippen LogP contribution in [0.3, 0.4) is 0 Å². The van der Waals surface area contributed by atoms with Gasteiger partial charge in [-0.3, -0.25) is 4.79 Å². The summed E-state index contributed by atoms with van der Waals surface area (Å²) in [6.07, 6.45) is 2.13. The van der Waals surface area contributed by atoms with Crippen LogP contribution >= 0.6 is 23.2 Å². The summed E-state index contributed by atoms with van der Waals surface area (Å²) in [5, 5.41) is 7.22. The Morgan fingerprint density at radius 3 is 2.79 bits per heavy atom. The van der Waals surface area contributed by atoms with Gasteiger partial charge in [0.15, 0.2) is 0 Å². The van der Waals surface area contributed by atoms with Crippen LogP contribution in [0.4, 0.5) is 11.6 Å². The van der Waals surface area contributed by atoms with Gasteiger partial charge in [0.1, 0.15) is 0 Å². The summed E-state index contributed by atoms with van der Waals surface area (Å²) in [7, 11) is 1.89. The molecule has 1 unspecified atom stereocenters. The molecule has 6 nitrogen and oxygen atoms in total. The highest BCUT2D eigenvalue weighted by atomic mass is 35.5. The number of imidazole rings is 1. The molecule has 1 fully saturated rings. The average molecular weight is 433 g/mol. The first-order valence-corrected chi connectivity index (χ1v) is 10.3. The highest BCUT2D eigenvalue weighted by Gasteiger charge is 2.17. The maximum absolute atomic E-state index is 12.6. The van der Waals surface area contributed by atoms with Crippen molar-refractivity contribution in [3.8, 4) is 0 Å². The average Bonchev–Trinajstić information content (AvgIpc) is 3.04. The fourth-order valence-electron chi connectivity index (χ4n) is 3.49. The molecule has 0 radical (unpaired) electrons. The van der Waals surface area contributed by atoms with Crippen molar-refractivity contribution in [3.05, 3.63) is 52.0 Å². The fourth-order valence-corrected chi connectivity index (χ4v) is 3.98. The minimum Gasteiger partial charge on any atom is -0.381 e. The van der Waals surface area contributed by atoms with Crippen molar-refractivity contribution in [2.45, 2.75) is 12.8 Å². The van der Waals surface area contributed by atoms with Crippen molar-refractivity contribution in [1.29, 1.82) is 0 Å². The number of rotatable bonds is 5. The second kappa shape index (κ2) is 8.61. The van der Waals surface area contributed by atoms with Crippen molar-refractivity contribution >= 4 is 51.8 Å². The zero-order valence-electron chi connectivity index (χ0n) is 16.0. The smallest absolute Gasteiger partial charge is 0.251 e. The van der Waals surface area contributed by atoms with Gasteiger partial charge in [0.2, 0.25) is 5.95 Å². The van der Waals surface area contributed by atoms with Crippen molar-refractivity contribution in [2.24, 2.45) is 13.0 Å². The molecule has 2 N–H and O–H groups in total. The van der Waals surface area contributed by atoms with Gasteiger partial charge in [-0.25, -0.2) is 4.98 Å². The maximum Gasteiger partial charge on any atom is 0.251 e. The molecule has 1 amide bonds. The van der Waals surface area contributed by atoms with Crippen LogP contribution in [-0.2, 0) is 11.8 Å². The largest absolute Gasteiger partial charge is 0.381 e. The molecule has 0 bridgehead atoms. The molecule has 0 spiro atoms. The standard InChI is InChI=1S/C21H22Cl2N4O2/c1-27-18-8-7-14(20(28)24-11-13-4-3-9-29-12-13)10-17(18)25-21(27)26-19-15(22)5-2-6-16(19)23/h2,5-8,10,13H,3-4,9,11-12H2,1H3,(H,24,28)(H,25,26). The summed E-state index contributed by atoms with van der Waals surface area (Å²) < 4.78 is 7.37. The van der Waals surface area contributed by atoms with Crippen molar-refractivity contribution < 1.29 is 9.53 Å².